The van der Waals surface area contributed by atoms with Crippen LogP contribution in [0.1, 0.15) is 37.4 Å². The van der Waals surface area contributed by atoms with E-state index in [2.05, 4.69) is 9.36 Å². The molecule has 0 saturated heterocycles. The highest BCUT2D eigenvalue weighted by molar-refractivity contribution is 7.10. The van der Waals surface area contributed by atoms with Crippen LogP contribution in [0, 0.1) is 11.8 Å². The predicted molar refractivity (Wildman–Crippen MR) is 53.1 cm³/mol. The molecule has 2 aliphatic rings. The Bertz CT molecular complexity index is 325. The highest BCUT2D eigenvalue weighted by Crippen LogP contribution is 2.52. The molecule has 1 aromatic rings. The van der Waals surface area contributed by atoms with Gasteiger partial charge in [0.2, 0.25) is 4.47 Å². The summed E-state index contributed by atoms with van der Waals surface area (Å²) in [6.45, 7) is 0. The maximum absolute atomic E-state index is 5.79. The van der Waals surface area contributed by atoms with E-state index in [1.165, 1.54) is 37.2 Å². The molecule has 1 heterocycles. The van der Waals surface area contributed by atoms with Gasteiger partial charge in [0.1, 0.15) is 5.82 Å². The molecule has 0 amide bonds. The lowest BCUT2D eigenvalue weighted by molar-refractivity contribution is 0.408. The summed E-state index contributed by atoms with van der Waals surface area (Å²) < 4.78 is 4.91. The quantitative estimate of drug-likeness (QED) is 0.718. The lowest BCUT2D eigenvalue weighted by atomic mass is 9.88. The van der Waals surface area contributed by atoms with Crippen molar-refractivity contribution in [2.24, 2.45) is 11.8 Å². The zero-order valence-corrected chi connectivity index (χ0v) is 8.81. The van der Waals surface area contributed by atoms with Gasteiger partial charge < -0.3 is 0 Å². The van der Waals surface area contributed by atoms with Crippen molar-refractivity contribution in [1.82, 2.24) is 9.36 Å². The van der Waals surface area contributed by atoms with Gasteiger partial charge >= 0.3 is 0 Å². The summed E-state index contributed by atoms with van der Waals surface area (Å²) in [5.41, 5.74) is 0. The Morgan fingerprint density at radius 3 is 2.77 bits per heavy atom. The molecule has 0 aromatic carbocycles. The molecule has 13 heavy (non-hydrogen) atoms. The normalized spacial score (nSPS) is 37.2. The second-order valence-corrected chi connectivity index (χ2v) is 5.52. The van der Waals surface area contributed by atoms with Crippen molar-refractivity contribution in [2.75, 3.05) is 0 Å². The highest BCUT2D eigenvalue weighted by atomic mass is 35.5. The number of halogens is 1. The van der Waals surface area contributed by atoms with Crippen LogP contribution in [0.25, 0.3) is 0 Å². The van der Waals surface area contributed by atoms with Gasteiger partial charge in [0, 0.05) is 5.92 Å². The standard InChI is InChI=1S/C9H11ClN2S/c10-9-11-8(12-13-9)7-4-5-1-2-6(7)3-5/h5-7H,1-4H2. The fourth-order valence-corrected chi connectivity index (χ4v) is 3.60. The van der Waals surface area contributed by atoms with E-state index >= 15 is 0 Å². The lowest BCUT2D eigenvalue weighted by Crippen LogP contribution is -2.09. The van der Waals surface area contributed by atoms with Crippen LogP contribution < -0.4 is 0 Å². The zero-order chi connectivity index (χ0) is 8.84. The molecule has 3 unspecified atom stereocenters. The minimum Gasteiger partial charge on any atom is -0.208 e. The van der Waals surface area contributed by atoms with E-state index < -0.39 is 0 Å². The first-order valence-electron chi connectivity index (χ1n) is 4.82. The van der Waals surface area contributed by atoms with E-state index in [-0.39, 0.29) is 0 Å². The molecule has 0 N–H and O–H groups in total. The van der Waals surface area contributed by atoms with E-state index in [0.29, 0.717) is 10.4 Å². The third-order valence-corrected chi connectivity index (χ3v) is 4.30. The second kappa shape index (κ2) is 2.92. The van der Waals surface area contributed by atoms with Crippen molar-refractivity contribution in [1.29, 1.82) is 0 Å². The molecule has 2 aliphatic carbocycles. The first kappa shape index (κ1) is 8.18. The highest BCUT2D eigenvalue weighted by Gasteiger charge is 2.41. The maximum atomic E-state index is 5.79. The van der Waals surface area contributed by atoms with Crippen molar-refractivity contribution in [3.05, 3.63) is 10.3 Å². The predicted octanol–water partition coefficient (Wildman–Crippen LogP) is 3.10. The van der Waals surface area contributed by atoms with E-state index in [4.69, 9.17) is 11.6 Å². The van der Waals surface area contributed by atoms with Crippen LogP contribution in [0.2, 0.25) is 4.47 Å². The van der Waals surface area contributed by atoms with Crippen molar-refractivity contribution < 1.29 is 0 Å². The molecule has 0 radical (unpaired) electrons. The number of fused-ring (bicyclic) bond motifs is 2. The van der Waals surface area contributed by atoms with Crippen molar-refractivity contribution in [2.45, 2.75) is 31.6 Å². The van der Waals surface area contributed by atoms with Crippen LogP contribution >= 0.6 is 23.1 Å². The van der Waals surface area contributed by atoms with Gasteiger partial charge in [-0.15, -0.1) is 0 Å². The SMILES string of the molecule is Clc1nc(C2CC3CCC2C3)ns1. The summed E-state index contributed by atoms with van der Waals surface area (Å²) in [6.07, 6.45) is 5.52. The van der Waals surface area contributed by atoms with E-state index in [0.717, 1.165) is 17.7 Å². The monoisotopic (exact) mass is 214 g/mol. The van der Waals surface area contributed by atoms with Gasteiger partial charge in [-0.1, -0.05) is 6.42 Å². The van der Waals surface area contributed by atoms with Gasteiger partial charge in [-0.05, 0) is 54.2 Å². The van der Waals surface area contributed by atoms with Gasteiger partial charge in [0.15, 0.2) is 0 Å². The Kier molecular flexibility index (Phi) is 1.84. The number of hydrogen-bond donors (Lipinski definition) is 0. The van der Waals surface area contributed by atoms with Crippen LogP contribution in [0.4, 0.5) is 0 Å². The van der Waals surface area contributed by atoms with Gasteiger partial charge in [-0.25, -0.2) is 4.98 Å². The topological polar surface area (TPSA) is 25.8 Å². The molecule has 2 saturated carbocycles. The first-order chi connectivity index (χ1) is 6.33. The summed E-state index contributed by atoms with van der Waals surface area (Å²) in [5.74, 6) is 3.46. The van der Waals surface area contributed by atoms with Crippen LogP contribution in [-0.2, 0) is 0 Å². The molecule has 0 spiro atoms. The summed E-state index contributed by atoms with van der Waals surface area (Å²) in [4.78, 5) is 4.28. The van der Waals surface area contributed by atoms with Gasteiger partial charge in [-0.2, -0.15) is 4.37 Å². The lowest BCUT2D eigenvalue weighted by Gasteiger charge is -2.17. The van der Waals surface area contributed by atoms with Gasteiger partial charge in [0.25, 0.3) is 0 Å². The van der Waals surface area contributed by atoms with Crippen LogP contribution in [-0.4, -0.2) is 9.36 Å². The zero-order valence-electron chi connectivity index (χ0n) is 7.24. The van der Waals surface area contributed by atoms with E-state index in [1.54, 1.807) is 0 Å². The fourth-order valence-electron chi connectivity index (χ4n) is 2.93. The molecule has 4 heteroatoms. The Labute approximate surface area is 86.5 Å². The van der Waals surface area contributed by atoms with Gasteiger partial charge in [-0.3, -0.25) is 0 Å². The van der Waals surface area contributed by atoms with Crippen molar-refractivity contribution in [3.63, 3.8) is 0 Å². The molecule has 3 atom stereocenters. The average Bonchev–Trinajstić information content (AvgIpc) is 2.77. The molecular weight excluding hydrogens is 204 g/mol. The minimum atomic E-state index is 0.595. The third-order valence-electron chi connectivity index (χ3n) is 3.49. The number of hydrogen-bond acceptors (Lipinski definition) is 3. The fraction of sp³-hybridized carbons (Fsp3) is 0.778. The summed E-state index contributed by atoms with van der Waals surface area (Å²) >= 11 is 7.11. The molecule has 1 aromatic heterocycles. The molecule has 2 fully saturated rings. The Balaban J connectivity index is 1.87. The maximum Gasteiger partial charge on any atom is 0.203 e. The smallest absolute Gasteiger partial charge is 0.203 e. The summed E-state index contributed by atoms with van der Waals surface area (Å²) in [5, 5.41) is 0. The number of aromatic nitrogens is 2. The first-order valence-corrected chi connectivity index (χ1v) is 5.97. The van der Waals surface area contributed by atoms with Crippen molar-refractivity contribution >= 4 is 23.1 Å². The van der Waals surface area contributed by atoms with Crippen molar-refractivity contribution in [3.8, 4) is 0 Å². The Morgan fingerprint density at radius 1 is 1.31 bits per heavy atom. The van der Waals surface area contributed by atoms with Crippen LogP contribution in [0.5, 0.6) is 0 Å². The Hall–Kier alpha value is -0.150. The third kappa shape index (κ3) is 1.29. The molecule has 2 nitrogen and oxygen atoms in total. The molecule has 3 rings (SSSR count). The van der Waals surface area contributed by atoms with E-state index in [9.17, 15) is 0 Å². The number of nitrogens with zero attached hydrogens (tertiary/aromatic N) is 2. The molecular formula is C9H11ClN2S. The van der Waals surface area contributed by atoms with E-state index in [1.807, 2.05) is 0 Å². The molecule has 2 bridgehead atoms. The molecule has 0 aliphatic heterocycles. The summed E-state index contributed by atoms with van der Waals surface area (Å²) in [6, 6.07) is 0. The molecule has 70 valence electrons. The van der Waals surface area contributed by atoms with Crippen LogP contribution in [0.15, 0.2) is 0 Å². The minimum absolute atomic E-state index is 0.595. The summed E-state index contributed by atoms with van der Waals surface area (Å²) in [7, 11) is 0. The average molecular weight is 215 g/mol. The largest absolute Gasteiger partial charge is 0.208 e. The number of rotatable bonds is 1. The van der Waals surface area contributed by atoms with Gasteiger partial charge in [0.05, 0.1) is 0 Å². The van der Waals surface area contributed by atoms with Crippen LogP contribution in [0.3, 0.4) is 0 Å². The second-order valence-electron chi connectivity index (χ2n) is 4.19. The Morgan fingerprint density at radius 2 is 2.23 bits per heavy atom.